The number of carbonyl (C=O) groups is 2. The summed E-state index contributed by atoms with van der Waals surface area (Å²) >= 11 is 0. The standard InChI is InChI=1S/C11H14N4O3/c1-6-11(17)15(5-9(16)14-13)10-7(12)3-2-4-8(10)18-6/h2-4,6H,5,12-13H2,1H3,(H,14,16). The van der Waals surface area contributed by atoms with Crippen LogP contribution in [0.25, 0.3) is 0 Å². The molecule has 0 aromatic heterocycles. The molecule has 2 rings (SSSR count). The fraction of sp³-hybridized carbons (Fsp3) is 0.273. The second-order valence-electron chi connectivity index (χ2n) is 3.95. The molecule has 0 saturated carbocycles. The van der Waals surface area contributed by atoms with Gasteiger partial charge < -0.3 is 10.5 Å². The maximum absolute atomic E-state index is 12.0. The van der Waals surface area contributed by atoms with Crippen molar-refractivity contribution in [1.82, 2.24) is 5.43 Å². The van der Waals surface area contributed by atoms with Crippen molar-refractivity contribution in [2.24, 2.45) is 5.84 Å². The normalized spacial score (nSPS) is 18.0. The maximum Gasteiger partial charge on any atom is 0.268 e. The molecule has 0 bridgehead atoms. The van der Waals surface area contributed by atoms with Crippen LogP contribution in [0.1, 0.15) is 6.92 Å². The smallest absolute Gasteiger partial charge is 0.268 e. The van der Waals surface area contributed by atoms with Crippen molar-refractivity contribution in [2.45, 2.75) is 13.0 Å². The number of hydrazine groups is 1. The Morgan fingerprint density at radius 3 is 2.94 bits per heavy atom. The highest BCUT2D eigenvalue weighted by Crippen LogP contribution is 2.38. The molecule has 1 aliphatic heterocycles. The molecule has 0 spiro atoms. The number of nitrogens with two attached hydrogens (primary N) is 2. The highest BCUT2D eigenvalue weighted by atomic mass is 16.5. The summed E-state index contributed by atoms with van der Waals surface area (Å²) in [7, 11) is 0. The van der Waals surface area contributed by atoms with E-state index >= 15 is 0 Å². The van der Waals surface area contributed by atoms with Gasteiger partial charge in [0.2, 0.25) is 0 Å². The van der Waals surface area contributed by atoms with E-state index in [4.69, 9.17) is 16.3 Å². The molecule has 1 heterocycles. The number of rotatable bonds is 2. The molecule has 5 N–H and O–H groups in total. The van der Waals surface area contributed by atoms with Gasteiger partial charge in [-0.2, -0.15) is 0 Å². The lowest BCUT2D eigenvalue weighted by Crippen LogP contribution is -2.50. The Morgan fingerprint density at radius 1 is 1.56 bits per heavy atom. The van der Waals surface area contributed by atoms with Crippen LogP contribution in [0.15, 0.2) is 18.2 Å². The predicted octanol–water partition coefficient (Wildman–Crippen LogP) is -0.627. The number of hydrogen-bond acceptors (Lipinski definition) is 5. The highest BCUT2D eigenvalue weighted by molar-refractivity contribution is 6.06. The van der Waals surface area contributed by atoms with Crippen LogP contribution < -0.4 is 26.6 Å². The van der Waals surface area contributed by atoms with E-state index < -0.39 is 12.0 Å². The zero-order valence-electron chi connectivity index (χ0n) is 9.84. The fourth-order valence-electron chi connectivity index (χ4n) is 1.84. The molecule has 1 unspecified atom stereocenters. The number of nitrogens with zero attached hydrogens (tertiary/aromatic N) is 1. The van der Waals surface area contributed by atoms with E-state index in [2.05, 4.69) is 0 Å². The zero-order chi connectivity index (χ0) is 13.3. The van der Waals surface area contributed by atoms with Crippen LogP contribution in [0.3, 0.4) is 0 Å². The van der Waals surface area contributed by atoms with Crippen LogP contribution in [0.5, 0.6) is 5.75 Å². The molecule has 96 valence electrons. The summed E-state index contributed by atoms with van der Waals surface area (Å²) in [4.78, 5) is 24.6. The first-order valence-corrected chi connectivity index (χ1v) is 5.40. The van der Waals surface area contributed by atoms with Gasteiger partial charge >= 0.3 is 0 Å². The van der Waals surface area contributed by atoms with Crippen LogP contribution in [-0.2, 0) is 9.59 Å². The van der Waals surface area contributed by atoms with E-state index in [1.54, 1.807) is 25.1 Å². The average Bonchev–Trinajstić information content (AvgIpc) is 2.34. The summed E-state index contributed by atoms with van der Waals surface area (Å²) in [5, 5.41) is 0. The third-order valence-corrected chi connectivity index (χ3v) is 2.68. The zero-order valence-corrected chi connectivity index (χ0v) is 9.84. The number of para-hydroxylation sites is 1. The Hall–Kier alpha value is -2.28. The highest BCUT2D eigenvalue weighted by Gasteiger charge is 2.33. The molecule has 1 aromatic rings. The minimum atomic E-state index is -0.662. The summed E-state index contributed by atoms with van der Waals surface area (Å²) in [5.74, 6) is 4.70. The molecule has 18 heavy (non-hydrogen) atoms. The lowest BCUT2D eigenvalue weighted by atomic mass is 10.1. The largest absolute Gasteiger partial charge is 0.479 e. The maximum atomic E-state index is 12.0. The lowest BCUT2D eigenvalue weighted by molar-refractivity contribution is -0.128. The molecule has 0 aliphatic carbocycles. The van der Waals surface area contributed by atoms with Crippen LogP contribution in [0, 0.1) is 0 Å². The van der Waals surface area contributed by atoms with Crippen molar-refractivity contribution in [3.8, 4) is 5.75 Å². The molecule has 1 aromatic carbocycles. The number of fused-ring (bicyclic) bond motifs is 1. The monoisotopic (exact) mass is 250 g/mol. The Bertz CT molecular complexity index is 503. The van der Waals surface area contributed by atoms with Crippen LogP contribution >= 0.6 is 0 Å². The van der Waals surface area contributed by atoms with Crippen molar-refractivity contribution in [1.29, 1.82) is 0 Å². The Labute approximate surface area is 104 Å². The van der Waals surface area contributed by atoms with E-state index in [-0.39, 0.29) is 12.5 Å². The molecule has 7 heteroatoms. The van der Waals surface area contributed by atoms with Gasteiger partial charge in [0.15, 0.2) is 6.10 Å². The predicted molar refractivity (Wildman–Crippen MR) is 65.6 cm³/mol. The SMILES string of the molecule is CC1Oc2cccc(N)c2N(CC(=O)NN)C1=O. The molecule has 0 radical (unpaired) electrons. The van der Waals surface area contributed by atoms with E-state index in [0.717, 1.165) is 0 Å². The Balaban J connectivity index is 2.44. The minimum absolute atomic E-state index is 0.190. The van der Waals surface area contributed by atoms with Gasteiger partial charge in [0.05, 0.1) is 5.69 Å². The van der Waals surface area contributed by atoms with Crippen molar-refractivity contribution < 1.29 is 14.3 Å². The lowest BCUT2D eigenvalue weighted by Gasteiger charge is -2.33. The van der Waals surface area contributed by atoms with Gasteiger partial charge in [-0.25, -0.2) is 5.84 Å². The van der Waals surface area contributed by atoms with Gasteiger partial charge in [-0.1, -0.05) is 6.07 Å². The Kier molecular flexibility index (Phi) is 3.07. The van der Waals surface area contributed by atoms with E-state index in [0.29, 0.717) is 17.1 Å². The number of hydrogen-bond donors (Lipinski definition) is 3. The number of nitrogens with one attached hydrogen (secondary N) is 1. The molecule has 0 fully saturated rings. The first-order valence-electron chi connectivity index (χ1n) is 5.40. The van der Waals surface area contributed by atoms with E-state index in [9.17, 15) is 9.59 Å². The molecular weight excluding hydrogens is 236 g/mol. The van der Waals surface area contributed by atoms with Crippen LogP contribution in [0.2, 0.25) is 0 Å². The molecule has 2 amide bonds. The van der Waals surface area contributed by atoms with E-state index in [1.165, 1.54) is 4.90 Å². The van der Waals surface area contributed by atoms with Gasteiger partial charge in [0.25, 0.3) is 11.8 Å². The third-order valence-electron chi connectivity index (χ3n) is 2.68. The molecular formula is C11H14N4O3. The molecule has 1 aliphatic rings. The number of benzene rings is 1. The summed E-state index contributed by atoms with van der Waals surface area (Å²) in [6.45, 7) is 1.42. The van der Waals surface area contributed by atoms with Gasteiger partial charge in [-0.15, -0.1) is 0 Å². The summed E-state index contributed by atoms with van der Waals surface area (Å²) in [6, 6.07) is 5.05. The first kappa shape index (κ1) is 12.2. The van der Waals surface area contributed by atoms with Crippen LogP contribution in [0.4, 0.5) is 11.4 Å². The Morgan fingerprint density at radius 2 is 2.28 bits per heavy atom. The number of anilines is 2. The number of nitrogen functional groups attached to an aromatic ring is 1. The fourth-order valence-corrected chi connectivity index (χ4v) is 1.84. The second kappa shape index (κ2) is 4.53. The van der Waals surface area contributed by atoms with Gasteiger partial charge in [0.1, 0.15) is 18.0 Å². The first-order chi connectivity index (χ1) is 8.54. The molecule has 1 atom stereocenters. The van der Waals surface area contributed by atoms with Crippen molar-refractivity contribution in [3.63, 3.8) is 0 Å². The van der Waals surface area contributed by atoms with Gasteiger partial charge in [0, 0.05) is 0 Å². The molecule has 0 saturated heterocycles. The van der Waals surface area contributed by atoms with Gasteiger partial charge in [-0.05, 0) is 19.1 Å². The molecule has 7 nitrogen and oxygen atoms in total. The number of amides is 2. The summed E-state index contributed by atoms with van der Waals surface area (Å²) < 4.78 is 5.44. The topological polar surface area (TPSA) is 111 Å². The van der Waals surface area contributed by atoms with Crippen molar-refractivity contribution in [3.05, 3.63) is 18.2 Å². The van der Waals surface area contributed by atoms with Crippen LogP contribution in [-0.4, -0.2) is 24.5 Å². The number of ether oxygens (including phenoxy) is 1. The van der Waals surface area contributed by atoms with Gasteiger partial charge in [-0.3, -0.25) is 19.9 Å². The third kappa shape index (κ3) is 1.95. The summed E-state index contributed by atoms with van der Waals surface area (Å²) in [6.07, 6.45) is -0.662. The minimum Gasteiger partial charge on any atom is -0.479 e. The summed E-state index contributed by atoms with van der Waals surface area (Å²) in [5.41, 5.74) is 8.58. The van der Waals surface area contributed by atoms with E-state index in [1.807, 2.05) is 5.43 Å². The number of carbonyl (C=O) groups excluding carboxylic acids is 2. The van der Waals surface area contributed by atoms with Crippen molar-refractivity contribution >= 4 is 23.2 Å². The average molecular weight is 250 g/mol. The second-order valence-corrected chi connectivity index (χ2v) is 3.95. The quantitative estimate of drug-likeness (QED) is 0.280. The van der Waals surface area contributed by atoms with Crippen molar-refractivity contribution in [2.75, 3.05) is 17.2 Å².